The Balaban J connectivity index is 0.998. The van der Waals surface area contributed by atoms with Crippen LogP contribution >= 0.6 is 0 Å². The fourth-order valence-electron chi connectivity index (χ4n) is 7.04. The van der Waals surface area contributed by atoms with Crippen LogP contribution in [0.4, 0.5) is 10.5 Å². The molecular weight excluding hydrogens is 699 g/mol. The summed E-state index contributed by atoms with van der Waals surface area (Å²) < 4.78 is 19.4. The van der Waals surface area contributed by atoms with Crippen molar-refractivity contribution in [1.82, 2.24) is 10.2 Å². The molecule has 1 saturated heterocycles. The van der Waals surface area contributed by atoms with E-state index in [0.717, 1.165) is 45.7 Å². The molecule has 1 heterocycles. The number of anilines is 1. The van der Waals surface area contributed by atoms with Gasteiger partial charge in [0.2, 0.25) is 0 Å². The van der Waals surface area contributed by atoms with Gasteiger partial charge in [-0.2, -0.15) is 0 Å². The summed E-state index contributed by atoms with van der Waals surface area (Å²) in [6.07, 6.45) is -0.850. The van der Waals surface area contributed by atoms with Crippen LogP contribution in [0.1, 0.15) is 60.1 Å². The molecule has 6 aromatic rings. The summed E-state index contributed by atoms with van der Waals surface area (Å²) in [7, 11) is 2.15. The van der Waals surface area contributed by atoms with Crippen molar-refractivity contribution in [2.45, 2.75) is 51.5 Å². The molecule has 7 rings (SSSR count). The Bertz CT molecular complexity index is 2150. The Kier molecular flexibility index (Phi) is 12.5. The van der Waals surface area contributed by atoms with Crippen LogP contribution < -0.4 is 15.4 Å². The first-order valence-electron chi connectivity index (χ1n) is 19.2. The van der Waals surface area contributed by atoms with Crippen molar-refractivity contribution in [2.75, 3.05) is 18.9 Å². The Morgan fingerprint density at radius 3 is 2.09 bits per heavy atom. The summed E-state index contributed by atoms with van der Waals surface area (Å²) in [6.45, 7) is 5.52. The summed E-state index contributed by atoms with van der Waals surface area (Å²) in [5.74, 6) is 1.52. The van der Waals surface area contributed by atoms with Crippen LogP contribution in [-0.2, 0) is 22.6 Å². The van der Waals surface area contributed by atoms with Gasteiger partial charge in [-0.25, -0.2) is 4.79 Å². The third-order valence-corrected chi connectivity index (χ3v) is 10.5. The number of nitrogens with one attached hydrogen (secondary N) is 2. The van der Waals surface area contributed by atoms with Gasteiger partial charge < -0.3 is 30.0 Å². The summed E-state index contributed by atoms with van der Waals surface area (Å²) in [6, 6.07) is 51.8. The normalized spacial score (nSPS) is 18.6. The maximum absolute atomic E-state index is 12.8. The Labute approximate surface area is 329 Å². The molecule has 0 aromatic heterocycles. The molecule has 0 aliphatic carbocycles. The number of rotatable bonds is 13. The number of amides is 2. The highest BCUT2D eigenvalue weighted by atomic mass is 16.7. The standard InChI is InChI=1S/C48H49N3O5/c1-33-45(31-51(3)34(2)37-12-6-4-7-13-37)55-47(56-46(33)39-19-17-35(32-52)18-20-39)40-23-21-38(22-24-40)41-14-10-11-36(29-41)30-49-48(53)50-42-25-27-44(28-26-42)54-43-15-8-5-9-16-43/h4-29,33-34,45-47,52H,30-32H2,1-3H3,(H2,49,50,53)/t33-,34-,45+,46+,47+/m0/s1. The van der Waals surface area contributed by atoms with Crippen molar-refractivity contribution in [3.8, 4) is 22.6 Å². The second-order valence-corrected chi connectivity index (χ2v) is 14.4. The fourth-order valence-corrected chi connectivity index (χ4v) is 7.04. The zero-order valence-electron chi connectivity index (χ0n) is 32.0. The monoisotopic (exact) mass is 747 g/mol. The van der Waals surface area contributed by atoms with Crippen LogP contribution in [0, 0.1) is 5.92 Å². The van der Waals surface area contributed by atoms with Crippen LogP contribution in [0.5, 0.6) is 11.5 Å². The summed E-state index contributed by atoms with van der Waals surface area (Å²) >= 11 is 0. The number of carbonyl (C=O) groups excluding carboxylic acids is 1. The summed E-state index contributed by atoms with van der Waals surface area (Å²) in [4.78, 5) is 15.1. The van der Waals surface area contributed by atoms with Crippen LogP contribution in [-0.4, -0.2) is 35.7 Å². The van der Waals surface area contributed by atoms with E-state index < -0.39 is 6.29 Å². The number of ether oxygens (including phenoxy) is 3. The largest absolute Gasteiger partial charge is 0.457 e. The predicted molar refractivity (Wildman–Crippen MR) is 221 cm³/mol. The first kappa shape index (κ1) is 38.5. The number of likely N-dealkylation sites (N-methyl/N-ethyl adjacent to an activating group) is 1. The second-order valence-electron chi connectivity index (χ2n) is 14.4. The summed E-state index contributed by atoms with van der Waals surface area (Å²) in [5.41, 5.74) is 7.87. The Hall–Kier alpha value is -5.77. The molecule has 286 valence electrons. The highest BCUT2D eigenvalue weighted by Gasteiger charge is 2.39. The zero-order valence-corrected chi connectivity index (χ0v) is 32.0. The molecular formula is C48H49N3O5. The average Bonchev–Trinajstić information content (AvgIpc) is 3.25. The number of nitrogens with zero attached hydrogens (tertiary/aromatic N) is 1. The van der Waals surface area contributed by atoms with Gasteiger partial charge in [0.15, 0.2) is 6.29 Å². The summed E-state index contributed by atoms with van der Waals surface area (Å²) in [5, 5.41) is 15.5. The quantitative estimate of drug-likeness (QED) is 0.109. The van der Waals surface area contributed by atoms with Gasteiger partial charge in [-0.15, -0.1) is 0 Å². The van der Waals surface area contributed by atoms with Crippen molar-refractivity contribution in [3.63, 3.8) is 0 Å². The minimum Gasteiger partial charge on any atom is -0.457 e. The third kappa shape index (κ3) is 9.72. The minimum absolute atomic E-state index is 0.000592. The molecule has 1 aliphatic rings. The Morgan fingerprint density at radius 2 is 1.39 bits per heavy atom. The molecule has 8 heteroatoms. The van der Waals surface area contributed by atoms with Crippen molar-refractivity contribution in [2.24, 2.45) is 5.92 Å². The fraction of sp³-hybridized carbons (Fsp3) is 0.229. The van der Waals surface area contributed by atoms with Crippen molar-refractivity contribution < 1.29 is 24.1 Å². The Morgan fingerprint density at radius 1 is 0.732 bits per heavy atom. The van der Waals surface area contributed by atoms with E-state index in [4.69, 9.17) is 14.2 Å². The van der Waals surface area contributed by atoms with Crippen LogP contribution in [0.2, 0.25) is 0 Å². The number of hydrogen-bond acceptors (Lipinski definition) is 6. The predicted octanol–water partition coefficient (Wildman–Crippen LogP) is 10.4. The van der Waals surface area contributed by atoms with Gasteiger partial charge in [0, 0.05) is 36.3 Å². The number of aliphatic hydroxyl groups excluding tert-OH is 1. The smallest absolute Gasteiger partial charge is 0.319 e. The topological polar surface area (TPSA) is 92.3 Å². The van der Waals surface area contributed by atoms with E-state index in [1.54, 1.807) is 0 Å². The van der Waals surface area contributed by atoms with Gasteiger partial charge in [-0.3, -0.25) is 4.90 Å². The van der Waals surface area contributed by atoms with Gasteiger partial charge in [-0.05, 0) is 89.8 Å². The molecule has 8 nitrogen and oxygen atoms in total. The lowest BCUT2D eigenvalue weighted by atomic mass is 9.89. The van der Waals surface area contributed by atoms with E-state index in [-0.39, 0.29) is 36.8 Å². The lowest BCUT2D eigenvalue weighted by molar-refractivity contribution is -0.276. The van der Waals surface area contributed by atoms with Gasteiger partial charge in [-0.1, -0.05) is 122 Å². The van der Waals surface area contributed by atoms with E-state index in [0.29, 0.717) is 18.0 Å². The molecule has 2 amide bonds. The number of aliphatic hydroxyl groups is 1. The molecule has 56 heavy (non-hydrogen) atoms. The van der Waals surface area contributed by atoms with E-state index >= 15 is 0 Å². The van der Waals surface area contributed by atoms with Gasteiger partial charge in [0.25, 0.3) is 0 Å². The van der Waals surface area contributed by atoms with Crippen LogP contribution in [0.15, 0.2) is 158 Å². The molecule has 5 atom stereocenters. The van der Waals surface area contributed by atoms with Gasteiger partial charge >= 0.3 is 6.03 Å². The SMILES string of the molecule is C[C@H]1[C@@H](CN(C)[C@@H](C)c2ccccc2)O[C@@H](c2ccc(-c3cccc(CNC(=O)Nc4ccc(Oc5ccccc5)cc4)c3)cc2)O[C@H]1c1ccc(CO)cc1. The van der Waals surface area contributed by atoms with E-state index in [2.05, 4.69) is 109 Å². The lowest BCUT2D eigenvalue weighted by Crippen LogP contribution is -2.44. The van der Waals surface area contributed by atoms with Crippen molar-refractivity contribution in [3.05, 3.63) is 186 Å². The molecule has 0 saturated carbocycles. The molecule has 6 aromatic carbocycles. The van der Waals surface area contributed by atoms with Crippen molar-refractivity contribution in [1.29, 1.82) is 0 Å². The molecule has 1 aliphatic heterocycles. The number of para-hydroxylation sites is 1. The van der Waals surface area contributed by atoms with Crippen LogP contribution in [0.25, 0.3) is 11.1 Å². The minimum atomic E-state index is -0.560. The van der Waals surface area contributed by atoms with E-state index in [1.807, 2.05) is 84.9 Å². The van der Waals surface area contributed by atoms with Gasteiger partial charge in [0.1, 0.15) is 11.5 Å². The number of urea groups is 1. The van der Waals surface area contributed by atoms with E-state index in [1.165, 1.54) is 5.56 Å². The molecule has 0 radical (unpaired) electrons. The number of benzene rings is 6. The molecule has 0 spiro atoms. The van der Waals surface area contributed by atoms with Crippen LogP contribution in [0.3, 0.4) is 0 Å². The highest BCUT2D eigenvalue weighted by Crippen LogP contribution is 2.42. The average molecular weight is 748 g/mol. The molecule has 0 unspecified atom stereocenters. The first-order chi connectivity index (χ1) is 27.3. The number of carbonyl (C=O) groups is 1. The highest BCUT2D eigenvalue weighted by molar-refractivity contribution is 5.89. The molecule has 0 bridgehead atoms. The van der Waals surface area contributed by atoms with E-state index in [9.17, 15) is 9.90 Å². The van der Waals surface area contributed by atoms with Gasteiger partial charge in [0.05, 0.1) is 18.8 Å². The lowest BCUT2D eigenvalue weighted by Gasteiger charge is -2.43. The maximum Gasteiger partial charge on any atom is 0.319 e. The first-order valence-corrected chi connectivity index (χ1v) is 19.2. The molecule has 1 fully saturated rings. The number of hydrogen-bond donors (Lipinski definition) is 3. The zero-order chi connectivity index (χ0) is 38.9. The third-order valence-electron chi connectivity index (χ3n) is 10.5. The maximum atomic E-state index is 12.8. The molecule has 3 N–H and O–H groups in total. The second kappa shape index (κ2) is 18.2. The van der Waals surface area contributed by atoms with Crippen molar-refractivity contribution >= 4 is 11.7 Å².